The first-order valence-corrected chi connectivity index (χ1v) is 10.5. The van der Waals surface area contributed by atoms with Gasteiger partial charge in [0.1, 0.15) is 6.23 Å². The zero-order chi connectivity index (χ0) is 18.9. The zero-order valence-corrected chi connectivity index (χ0v) is 15.7. The number of rotatable bonds is 0. The van der Waals surface area contributed by atoms with Crippen molar-refractivity contribution in [2.24, 2.45) is 0 Å². The Labute approximate surface area is 167 Å². The molecule has 3 aromatic carbocycles. The van der Waals surface area contributed by atoms with E-state index < -0.39 is 0 Å². The third-order valence-corrected chi connectivity index (χ3v) is 7.51. The summed E-state index contributed by atoms with van der Waals surface area (Å²) in [6.07, 6.45) is 2.35. The number of hydrogen-bond acceptors (Lipinski definition) is 2. The van der Waals surface area contributed by atoms with Crippen LogP contribution in [0.2, 0.25) is 0 Å². The van der Waals surface area contributed by atoms with Crippen LogP contribution in [-0.2, 0) is 11.3 Å². The van der Waals surface area contributed by atoms with Gasteiger partial charge in [-0.05, 0) is 41.2 Å². The molecule has 4 aromatic rings. The summed E-state index contributed by atoms with van der Waals surface area (Å²) in [6.45, 7) is 0.605. The van der Waals surface area contributed by atoms with Gasteiger partial charge in [0, 0.05) is 28.8 Å². The number of fused-ring (bicyclic) bond motifs is 13. The lowest BCUT2D eigenvalue weighted by atomic mass is 9.86. The lowest BCUT2D eigenvalue weighted by molar-refractivity contribution is 0.00493. The molecule has 1 aromatic heterocycles. The first-order chi connectivity index (χ1) is 14.3. The van der Waals surface area contributed by atoms with Crippen LogP contribution in [0.25, 0.3) is 32.9 Å². The van der Waals surface area contributed by atoms with Crippen LogP contribution in [-0.4, -0.2) is 16.6 Å². The molecule has 1 amide bonds. The molecule has 0 saturated carbocycles. The van der Waals surface area contributed by atoms with Crippen LogP contribution in [0.15, 0.2) is 48.5 Å². The van der Waals surface area contributed by atoms with Gasteiger partial charge in [-0.1, -0.05) is 42.5 Å². The maximum absolute atomic E-state index is 13.0. The number of hydrogen-bond donors (Lipinski definition) is 1. The molecule has 0 radical (unpaired) electrons. The summed E-state index contributed by atoms with van der Waals surface area (Å²) >= 11 is 0. The van der Waals surface area contributed by atoms with E-state index in [2.05, 4.69) is 58.4 Å². The maximum atomic E-state index is 13.0. The van der Waals surface area contributed by atoms with E-state index in [-0.39, 0.29) is 24.2 Å². The number of nitrogens with one attached hydrogen (secondary N) is 1. The number of aromatic nitrogens is 1. The van der Waals surface area contributed by atoms with Gasteiger partial charge in [-0.2, -0.15) is 0 Å². The van der Waals surface area contributed by atoms with Crippen LogP contribution >= 0.6 is 0 Å². The van der Waals surface area contributed by atoms with E-state index >= 15 is 0 Å². The van der Waals surface area contributed by atoms with Crippen LogP contribution in [0.3, 0.4) is 0 Å². The normalized spacial score (nSPS) is 25.4. The molecule has 140 valence electrons. The first-order valence-electron chi connectivity index (χ1n) is 10.5. The minimum atomic E-state index is 0.0655. The SMILES string of the molecule is O=C1NCc2c1c1c3c4c2c2ccccc2n4C2CC[C@H](O2)C3c2ccccc2-1. The zero-order valence-electron chi connectivity index (χ0n) is 15.7. The number of carbonyl (C=O) groups is 1. The molecule has 4 heteroatoms. The minimum absolute atomic E-state index is 0.0655. The van der Waals surface area contributed by atoms with Crippen LogP contribution in [0.4, 0.5) is 0 Å². The molecule has 8 rings (SSSR count). The number of amides is 1. The van der Waals surface area contributed by atoms with Crippen molar-refractivity contribution in [3.8, 4) is 11.1 Å². The lowest BCUT2D eigenvalue weighted by Gasteiger charge is -2.20. The third-order valence-electron chi connectivity index (χ3n) is 7.51. The predicted octanol–water partition coefficient (Wildman–Crippen LogP) is 4.84. The molecule has 3 atom stereocenters. The summed E-state index contributed by atoms with van der Waals surface area (Å²) in [5.41, 5.74) is 9.58. The van der Waals surface area contributed by atoms with Gasteiger partial charge in [-0.15, -0.1) is 0 Å². The smallest absolute Gasteiger partial charge is 0.252 e. The Morgan fingerprint density at radius 1 is 1.00 bits per heavy atom. The van der Waals surface area contributed by atoms with Crippen molar-refractivity contribution in [2.75, 3.05) is 0 Å². The second-order valence-corrected chi connectivity index (χ2v) is 8.71. The number of nitrogens with zero attached hydrogens (tertiary/aromatic N) is 1. The molecule has 4 heterocycles. The van der Waals surface area contributed by atoms with E-state index in [0.29, 0.717) is 6.54 Å². The summed E-state index contributed by atoms with van der Waals surface area (Å²) < 4.78 is 9.12. The van der Waals surface area contributed by atoms with E-state index in [9.17, 15) is 4.79 Å². The van der Waals surface area contributed by atoms with Gasteiger partial charge in [0.2, 0.25) is 0 Å². The van der Waals surface area contributed by atoms with E-state index in [4.69, 9.17) is 4.74 Å². The van der Waals surface area contributed by atoms with Gasteiger partial charge in [0.15, 0.2) is 0 Å². The minimum Gasteiger partial charge on any atom is -0.354 e. The maximum Gasteiger partial charge on any atom is 0.252 e. The van der Waals surface area contributed by atoms with Crippen LogP contribution in [0, 0.1) is 0 Å². The van der Waals surface area contributed by atoms with Crippen molar-refractivity contribution in [1.29, 1.82) is 0 Å². The Morgan fingerprint density at radius 3 is 2.83 bits per heavy atom. The summed E-state index contributed by atoms with van der Waals surface area (Å²) in [7, 11) is 0. The summed E-state index contributed by atoms with van der Waals surface area (Å²) in [5.74, 6) is 0.272. The molecule has 1 saturated heterocycles. The van der Waals surface area contributed by atoms with Gasteiger partial charge in [0.25, 0.3) is 5.91 Å². The Balaban J connectivity index is 1.71. The number of para-hydroxylation sites is 1. The highest BCUT2D eigenvalue weighted by atomic mass is 16.5. The summed E-state index contributed by atoms with van der Waals surface area (Å²) in [5, 5.41) is 5.61. The highest BCUT2D eigenvalue weighted by Gasteiger charge is 2.48. The van der Waals surface area contributed by atoms with Gasteiger partial charge in [-0.3, -0.25) is 4.79 Å². The largest absolute Gasteiger partial charge is 0.354 e. The van der Waals surface area contributed by atoms with Crippen LogP contribution < -0.4 is 5.32 Å². The Bertz CT molecular complexity index is 1430. The number of carbonyl (C=O) groups excluding carboxylic acids is 1. The summed E-state index contributed by atoms with van der Waals surface area (Å²) in [4.78, 5) is 13.0. The fourth-order valence-electron chi connectivity index (χ4n) is 6.55. The van der Waals surface area contributed by atoms with Crippen LogP contribution in [0.1, 0.15) is 52.0 Å². The first kappa shape index (κ1) is 14.8. The fourth-order valence-corrected chi connectivity index (χ4v) is 6.55. The molecular formula is C25H18N2O2. The van der Waals surface area contributed by atoms with Crippen molar-refractivity contribution in [3.05, 3.63) is 70.8 Å². The van der Waals surface area contributed by atoms with Gasteiger partial charge >= 0.3 is 0 Å². The number of ether oxygens (including phenoxy) is 1. The molecule has 1 N–H and O–H groups in total. The standard InChI is InChI=1S/C25H18N2O2/c28-25-22-15(11-26-25)19-14-7-3-4-8-16(14)27-18-10-9-17(29-18)20-12-5-1-2-6-13(12)21(22)23(20)24(19)27/h1-8,17-18,20H,9-11H2,(H,26,28)/t17-,18?,20?/m0/s1. The van der Waals surface area contributed by atoms with Gasteiger partial charge < -0.3 is 14.6 Å². The molecule has 1 fully saturated rings. The van der Waals surface area contributed by atoms with Crippen molar-refractivity contribution in [1.82, 2.24) is 9.88 Å². The molecule has 2 unspecified atom stereocenters. The van der Waals surface area contributed by atoms with Crippen LogP contribution in [0.5, 0.6) is 0 Å². The van der Waals surface area contributed by atoms with Gasteiger partial charge in [-0.25, -0.2) is 0 Å². The quantitative estimate of drug-likeness (QED) is 0.476. The number of benzene rings is 3. The molecule has 0 spiro atoms. The monoisotopic (exact) mass is 378 g/mol. The third kappa shape index (κ3) is 1.51. The van der Waals surface area contributed by atoms with Crippen molar-refractivity contribution >= 4 is 27.7 Å². The Morgan fingerprint density at radius 2 is 1.86 bits per heavy atom. The highest BCUT2D eigenvalue weighted by Crippen LogP contribution is 2.59. The second-order valence-electron chi connectivity index (χ2n) is 8.71. The van der Waals surface area contributed by atoms with E-state index in [1.807, 2.05) is 0 Å². The van der Waals surface area contributed by atoms with Crippen molar-refractivity contribution < 1.29 is 9.53 Å². The Kier molecular flexibility index (Phi) is 2.41. The molecule has 2 bridgehead atoms. The molecule has 3 aliphatic heterocycles. The molecule has 29 heavy (non-hydrogen) atoms. The average molecular weight is 378 g/mol. The topological polar surface area (TPSA) is 43.3 Å². The van der Waals surface area contributed by atoms with Crippen molar-refractivity contribution in [3.63, 3.8) is 0 Å². The van der Waals surface area contributed by atoms with Crippen molar-refractivity contribution in [2.45, 2.75) is 37.6 Å². The molecular weight excluding hydrogens is 360 g/mol. The predicted molar refractivity (Wildman–Crippen MR) is 111 cm³/mol. The molecule has 4 nitrogen and oxygen atoms in total. The van der Waals surface area contributed by atoms with E-state index in [1.165, 1.54) is 38.5 Å². The second kappa shape index (κ2) is 4.71. The fraction of sp³-hybridized carbons (Fsp3) is 0.240. The average Bonchev–Trinajstić information content (AvgIpc) is 3.47. The molecule has 1 aliphatic carbocycles. The molecule has 4 aliphatic rings. The van der Waals surface area contributed by atoms with E-state index in [1.54, 1.807) is 0 Å². The Hall–Kier alpha value is -3.11. The van der Waals surface area contributed by atoms with Gasteiger partial charge in [0.05, 0.1) is 22.7 Å². The highest BCUT2D eigenvalue weighted by molar-refractivity contribution is 6.20. The van der Waals surface area contributed by atoms with E-state index in [0.717, 1.165) is 29.5 Å². The lowest BCUT2D eigenvalue weighted by Crippen LogP contribution is -2.16. The summed E-state index contributed by atoms with van der Waals surface area (Å²) in [6, 6.07) is 17.3.